The van der Waals surface area contributed by atoms with Gasteiger partial charge in [-0.25, -0.2) is 8.42 Å². The first-order valence-corrected chi connectivity index (χ1v) is 8.75. The van der Waals surface area contributed by atoms with Gasteiger partial charge >= 0.3 is 0 Å². The molecule has 0 fully saturated rings. The van der Waals surface area contributed by atoms with Crippen LogP contribution in [0.5, 0.6) is 0 Å². The Labute approximate surface area is 122 Å². The topological polar surface area (TPSA) is 72.2 Å². The highest BCUT2D eigenvalue weighted by Gasteiger charge is 2.19. The van der Waals surface area contributed by atoms with Crippen molar-refractivity contribution in [2.75, 3.05) is 12.8 Å². The first-order chi connectivity index (χ1) is 9.10. The molecule has 0 saturated heterocycles. The van der Waals surface area contributed by atoms with Crippen LogP contribution in [0.3, 0.4) is 0 Å². The highest BCUT2D eigenvalue weighted by atomic mass is 32.2. The molecule has 4 nitrogen and oxygen atoms in total. The van der Waals surface area contributed by atoms with E-state index in [1.807, 2.05) is 12.1 Å². The number of hydrogen-bond acceptors (Lipinski definition) is 4. The molecule has 0 radical (unpaired) electrons. The minimum absolute atomic E-state index is 0.124. The zero-order valence-corrected chi connectivity index (χ0v) is 13.6. The molecule has 0 bridgehead atoms. The van der Waals surface area contributed by atoms with Crippen molar-refractivity contribution in [1.82, 2.24) is 5.32 Å². The molecule has 0 aromatic heterocycles. The smallest absolute Gasteiger partial charge is 0.175 e. The van der Waals surface area contributed by atoms with E-state index >= 15 is 0 Å². The SMILES string of the molecule is CC(C)(C)C(N)CCNCc1ccc(S(C)(=O)=O)cc1. The van der Waals surface area contributed by atoms with E-state index in [-0.39, 0.29) is 11.5 Å². The summed E-state index contributed by atoms with van der Waals surface area (Å²) in [7, 11) is -3.11. The van der Waals surface area contributed by atoms with Gasteiger partial charge in [0.1, 0.15) is 0 Å². The molecular formula is C15H26N2O2S. The van der Waals surface area contributed by atoms with Crippen molar-refractivity contribution >= 4 is 9.84 Å². The van der Waals surface area contributed by atoms with Gasteiger partial charge in [-0.2, -0.15) is 0 Å². The first kappa shape index (κ1) is 17.1. The Morgan fingerprint density at radius 2 is 1.75 bits per heavy atom. The van der Waals surface area contributed by atoms with Crippen LogP contribution in [0.1, 0.15) is 32.8 Å². The lowest BCUT2D eigenvalue weighted by molar-refractivity contribution is 0.302. The number of nitrogens with two attached hydrogens (primary N) is 1. The van der Waals surface area contributed by atoms with E-state index < -0.39 is 9.84 Å². The van der Waals surface area contributed by atoms with Crippen LogP contribution in [0.2, 0.25) is 0 Å². The molecular weight excluding hydrogens is 272 g/mol. The van der Waals surface area contributed by atoms with Gasteiger partial charge in [0, 0.05) is 18.8 Å². The van der Waals surface area contributed by atoms with Crippen molar-refractivity contribution in [1.29, 1.82) is 0 Å². The Kier molecular flexibility index (Phi) is 5.74. The summed E-state index contributed by atoms with van der Waals surface area (Å²) in [6.45, 7) is 8.00. The number of nitrogens with one attached hydrogen (secondary N) is 1. The highest BCUT2D eigenvalue weighted by Crippen LogP contribution is 2.19. The van der Waals surface area contributed by atoms with E-state index in [1.54, 1.807) is 12.1 Å². The van der Waals surface area contributed by atoms with Crippen LogP contribution < -0.4 is 11.1 Å². The zero-order chi connectivity index (χ0) is 15.4. The van der Waals surface area contributed by atoms with Gasteiger partial charge in [0.2, 0.25) is 0 Å². The van der Waals surface area contributed by atoms with Gasteiger partial charge in [0.25, 0.3) is 0 Å². The second-order valence-electron chi connectivity index (χ2n) is 6.35. The van der Waals surface area contributed by atoms with Crippen LogP contribution >= 0.6 is 0 Å². The van der Waals surface area contributed by atoms with Crippen molar-refractivity contribution in [2.45, 2.75) is 44.7 Å². The summed E-state index contributed by atoms with van der Waals surface area (Å²) in [6.07, 6.45) is 2.14. The predicted molar refractivity (Wildman–Crippen MR) is 83.3 cm³/mol. The molecule has 5 heteroatoms. The largest absolute Gasteiger partial charge is 0.327 e. The van der Waals surface area contributed by atoms with Crippen molar-refractivity contribution in [3.63, 3.8) is 0 Å². The Balaban J connectivity index is 2.40. The molecule has 20 heavy (non-hydrogen) atoms. The normalized spacial score (nSPS) is 14.2. The van der Waals surface area contributed by atoms with E-state index in [2.05, 4.69) is 26.1 Å². The lowest BCUT2D eigenvalue weighted by Crippen LogP contribution is -2.37. The zero-order valence-electron chi connectivity index (χ0n) is 12.8. The third-order valence-corrected chi connectivity index (χ3v) is 4.55. The maximum atomic E-state index is 11.3. The lowest BCUT2D eigenvalue weighted by atomic mass is 9.85. The minimum Gasteiger partial charge on any atom is -0.327 e. The minimum atomic E-state index is -3.11. The van der Waals surface area contributed by atoms with Crippen LogP contribution in [0, 0.1) is 5.41 Å². The number of hydrogen-bond donors (Lipinski definition) is 2. The molecule has 3 N–H and O–H groups in total. The van der Waals surface area contributed by atoms with Gasteiger partial charge in [0.15, 0.2) is 9.84 Å². The van der Waals surface area contributed by atoms with Gasteiger partial charge in [-0.3, -0.25) is 0 Å². The number of benzene rings is 1. The third kappa shape index (κ3) is 5.61. The molecule has 1 aromatic rings. The quantitative estimate of drug-likeness (QED) is 0.787. The summed E-state index contributed by atoms with van der Waals surface area (Å²) >= 11 is 0. The van der Waals surface area contributed by atoms with E-state index in [0.29, 0.717) is 4.90 Å². The molecule has 114 valence electrons. The monoisotopic (exact) mass is 298 g/mol. The third-order valence-electron chi connectivity index (χ3n) is 3.43. The van der Waals surface area contributed by atoms with Crippen LogP contribution in [0.25, 0.3) is 0 Å². The Bertz CT molecular complexity index is 516. The fourth-order valence-corrected chi connectivity index (χ4v) is 2.41. The van der Waals surface area contributed by atoms with Crippen molar-refractivity contribution < 1.29 is 8.42 Å². The molecule has 0 heterocycles. The van der Waals surface area contributed by atoms with E-state index in [4.69, 9.17) is 5.73 Å². The second kappa shape index (κ2) is 6.70. The van der Waals surface area contributed by atoms with E-state index in [1.165, 1.54) is 6.26 Å². The molecule has 1 atom stereocenters. The molecule has 1 unspecified atom stereocenters. The average molecular weight is 298 g/mol. The van der Waals surface area contributed by atoms with Crippen molar-refractivity contribution in [2.24, 2.45) is 11.1 Å². The van der Waals surface area contributed by atoms with Crippen LogP contribution in [0.4, 0.5) is 0 Å². The second-order valence-corrected chi connectivity index (χ2v) is 8.37. The molecule has 0 spiro atoms. The average Bonchev–Trinajstić information content (AvgIpc) is 2.32. The van der Waals surface area contributed by atoms with Crippen LogP contribution in [0.15, 0.2) is 29.2 Å². The Morgan fingerprint density at radius 3 is 2.20 bits per heavy atom. The summed E-state index contributed by atoms with van der Waals surface area (Å²) in [4.78, 5) is 0.357. The highest BCUT2D eigenvalue weighted by molar-refractivity contribution is 7.90. The molecule has 0 amide bonds. The van der Waals surface area contributed by atoms with Crippen molar-refractivity contribution in [3.8, 4) is 0 Å². The summed E-state index contributed by atoms with van der Waals surface area (Å²) in [5, 5.41) is 3.33. The molecule has 1 rings (SSSR count). The molecule has 0 aliphatic heterocycles. The fraction of sp³-hybridized carbons (Fsp3) is 0.600. The van der Waals surface area contributed by atoms with Crippen LogP contribution in [-0.4, -0.2) is 27.3 Å². The predicted octanol–water partition coefficient (Wildman–Crippen LogP) is 1.94. The van der Waals surface area contributed by atoms with E-state index in [9.17, 15) is 8.42 Å². The summed E-state index contributed by atoms with van der Waals surface area (Å²) < 4.78 is 22.7. The first-order valence-electron chi connectivity index (χ1n) is 6.86. The maximum absolute atomic E-state index is 11.3. The van der Waals surface area contributed by atoms with Gasteiger partial charge in [-0.05, 0) is 36.1 Å². The van der Waals surface area contributed by atoms with Crippen molar-refractivity contribution in [3.05, 3.63) is 29.8 Å². The molecule has 0 aliphatic rings. The van der Waals surface area contributed by atoms with E-state index in [0.717, 1.165) is 25.1 Å². The molecule has 0 saturated carbocycles. The van der Waals surface area contributed by atoms with Crippen LogP contribution in [-0.2, 0) is 16.4 Å². The maximum Gasteiger partial charge on any atom is 0.175 e. The van der Waals surface area contributed by atoms with Gasteiger partial charge in [-0.15, -0.1) is 0 Å². The van der Waals surface area contributed by atoms with Gasteiger partial charge in [-0.1, -0.05) is 32.9 Å². The van der Waals surface area contributed by atoms with Gasteiger partial charge < -0.3 is 11.1 Å². The van der Waals surface area contributed by atoms with Gasteiger partial charge in [0.05, 0.1) is 4.90 Å². The molecule has 0 aliphatic carbocycles. The number of sulfone groups is 1. The Hall–Kier alpha value is -0.910. The fourth-order valence-electron chi connectivity index (χ4n) is 1.78. The lowest BCUT2D eigenvalue weighted by Gasteiger charge is -2.27. The Morgan fingerprint density at radius 1 is 1.20 bits per heavy atom. The summed E-state index contributed by atoms with van der Waals surface area (Å²) in [5.41, 5.74) is 7.29. The molecule has 1 aromatic carbocycles. The summed E-state index contributed by atoms with van der Waals surface area (Å²) in [6, 6.07) is 7.14. The number of rotatable bonds is 6. The standard InChI is InChI=1S/C15H26N2O2S/c1-15(2,3)14(16)9-10-17-11-12-5-7-13(8-6-12)20(4,18)19/h5-8,14,17H,9-11,16H2,1-4H3. The summed E-state index contributed by atoms with van der Waals surface area (Å²) in [5.74, 6) is 0.